The van der Waals surface area contributed by atoms with E-state index in [9.17, 15) is 29.1 Å². The number of hydrogen-bond acceptors (Lipinski definition) is 7. The highest BCUT2D eigenvalue weighted by molar-refractivity contribution is 9.10. The molecule has 0 aliphatic rings. The Balaban J connectivity index is 1.87. The van der Waals surface area contributed by atoms with E-state index in [1.54, 1.807) is 12.1 Å². The van der Waals surface area contributed by atoms with Crippen molar-refractivity contribution in [1.29, 1.82) is 0 Å². The van der Waals surface area contributed by atoms with Gasteiger partial charge >= 0.3 is 17.9 Å². The van der Waals surface area contributed by atoms with Gasteiger partial charge in [0.2, 0.25) is 12.2 Å². The van der Waals surface area contributed by atoms with E-state index in [0.717, 1.165) is 0 Å². The minimum Gasteiger partial charge on any atom is -0.478 e. The predicted octanol–water partition coefficient (Wildman–Crippen LogP) is 4.05. The molecule has 0 spiro atoms. The van der Waals surface area contributed by atoms with Crippen molar-refractivity contribution in [2.75, 3.05) is 0 Å². The predicted molar refractivity (Wildman–Crippen MR) is 139 cm³/mol. The van der Waals surface area contributed by atoms with Gasteiger partial charge in [-0.15, -0.1) is 0 Å². The van der Waals surface area contributed by atoms with E-state index in [4.69, 9.17) is 32.7 Å². The Labute approximate surface area is 233 Å². The van der Waals surface area contributed by atoms with Crippen LogP contribution in [0.2, 0.25) is 10.0 Å². The lowest BCUT2D eigenvalue weighted by Crippen LogP contribution is -2.54. The zero-order valence-electron chi connectivity index (χ0n) is 19.0. The van der Waals surface area contributed by atoms with E-state index in [1.165, 1.54) is 60.7 Å². The summed E-state index contributed by atoms with van der Waals surface area (Å²) in [7, 11) is 0. The number of benzene rings is 3. The van der Waals surface area contributed by atoms with Crippen LogP contribution in [0.15, 0.2) is 77.3 Å². The van der Waals surface area contributed by atoms with Crippen molar-refractivity contribution in [2.24, 2.45) is 0 Å². The van der Waals surface area contributed by atoms with Crippen LogP contribution in [0.1, 0.15) is 31.1 Å². The molecule has 3 N–H and O–H groups in total. The SMILES string of the molecule is O=C(NNC(=O)[C@@H](OC(=O)c1ccccc1Cl)[C@H](OC(=O)c1ccccc1Cl)C(=O)O)c1ccc(Br)cc1. The second-order valence-electron chi connectivity index (χ2n) is 7.40. The molecule has 3 rings (SSSR count). The molecule has 0 saturated heterocycles. The quantitative estimate of drug-likeness (QED) is 0.251. The Kier molecular flexibility index (Phi) is 9.83. The highest BCUT2D eigenvalue weighted by Crippen LogP contribution is 2.21. The normalized spacial score (nSPS) is 12.0. The largest absolute Gasteiger partial charge is 0.478 e. The van der Waals surface area contributed by atoms with Crippen LogP contribution in [0.5, 0.6) is 0 Å². The maximum absolute atomic E-state index is 13.0. The van der Waals surface area contributed by atoms with Gasteiger partial charge in [-0.2, -0.15) is 0 Å². The first-order chi connectivity index (χ1) is 18.1. The molecule has 2 amide bonds. The number of rotatable bonds is 8. The zero-order chi connectivity index (χ0) is 27.8. The summed E-state index contributed by atoms with van der Waals surface area (Å²) in [6, 6.07) is 17.3. The number of carbonyl (C=O) groups is 5. The molecule has 2 atom stereocenters. The van der Waals surface area contributed by atoms with Crippen LogP contribution in [-0.2, 0) is 19.1 Å². The van der Waals surface area contributed by atoms with Crippen molar-refractivity contribution in [2.45, 2.75) is 12.2 Å². The molecule has 3 aromatic carbocycles. The summed E-state index contributed by atoms with van der Waals surface area (Å²) in [5.74, 6) is -6.28. The minimum atomic E-state index is -2.34. The molecule has 0 radical (unpaired) electrons. The minimum absolute atomic E-state index is 0.0415. The summed E-state index contributed by atoms with van der Waals surface area (Å²) in [6.07, 6.45) is -4.59. The topological polar surface area (TPSA) is 148 Å². The summed E-state index contributed by atoms with van der Waals surface area (Å²) >= 11 is 15.2. The number of hydrogen-bond donors (Lipinski definition) is 3. The van der Waals surface area contributed by atoms with Crippen molar-refractivity contribution in [3.8, 4) is 0 Å². The van der Waals surface area contributed by atoms with Gasteiger partial charge < -0.3 is 14.6 Å². The summed E-state index contributed by atoms with van der Waals surface area (Å²) in [5, 5.41) is 9.69. The van der Waals surface area contributed by atoms with Crippen molar-refractivity contribution in [1.82, 2.24) is 10.9 Å². The van der Waals surface area contributed by atoms with E-state index in [0.29, 0.717) is 4.47 Å². The lowest BCUT2D eigenvalue weighted by molar-refractivity contribution is -0.159. The highest BCUT2D eigenvalue weighted by atomic mass is 79.9. The fraction of sp³-hybridized carbons (Fsp3) is 0.0800. The monoisotopic (exact) mass is 622 g/mol. The van der Waals surface area contributed by atoms with Gasteiger partial charge in [0.1, 0.15) is 0 Å². The molecular weight excluding hydrogens is 607 g/mol. The highest BCUT2D eigenvalue weighted by Gasteiger charge is 2.41. The Bertz CT molecular complexity index is 1380. The van der Waals surface area contributed by atoms with E-state index in [2.05, 4.69) is 21.4 Å². The number of carboxylic acids is 1. The Morgan fingerprint density at radius 2 is 1.18 bits per heavy atom. The van der Waals surface area contributed by atoms with Gasteiger partial charge in [0, 0.05) is 10.0 Å². The molecule has 3 aromatic rings. The number of hydrazine groups is 1. The van der Waals surface area contributed by atoms with Crippen LogP contribution in [0.3, 0.4) is 0 Å². The third-order valence-electron chi connectivity index (χ3n) is 4.84. The molecule has 0 unspecified atom stereocenters. The van der Waals surface area contributed by atoms with Gasteiger partial charge in [0.25, 0.3) is 11.8 Å². The molecule has 0 bridgehead atoms. The van der Waals surface area contributed by atoms with Crippen LogP contribution in [-0.4, -0.2) is 47.0 Å². The third-order valence-corrected chi connectivity index (χ3v) is 6.03. The molecule has 0 fully saturated rings. The van der Waals surface area contributed by atoms with Gasteiger partial charge in [-0.3, -0.25) is 20.4 Å². The first-order valence-corrected chi connectivity index (χ1v) is 12.1. The molecule has 13 heteroatoms. The maximum atomic E-state index is 13.0. The van der Waals surface area contributed by atoms with E-state index in [1.807, 2.05) is 5.43 Å². The molecule has 10 nitrogen and oxygen atoms in total. The number of esters is 2. The average Bonchev–Trinajstić information content (AvgIpc) is 2.89. The standard InChI is InChI=1S/C25H17BrCl2N2O8/c26-14-11-9-13(10-12-14)21(31)29-30-22(32)19(37-24(35)15-5-1-3-7-17(15)27)20(23(33)34)38-25(36)16-6-2-4-8-18(16)28/h1-12,19-20H,(H,29,31)(H,30,32)(H,33,34)/t19-,20-/m0/s1. The number of aliphatic carboxylic acids is 1. The van der Waals surface area contributed by atoms with Gasteiger partial charge in [-0.05, 0) is 48.5 Å². The van der Waals surface area contributed by atoms with Crippen LogP contribution in [0, 0.1) is 0 Å². The molecule has 196 valence electrons. The van der Waals surface area contributed by atoms with Gasteiger partial charge in [-0.1, -0.05) is 63.4 Å². The smallest absolute Gasteiger partial charge is 0.349 e. The Morgan fingerprint density at radius 3 is 1.66 bits per heavy atom. The lowest BCUT2D eigenvalue weighted by Gasteiger charge is -2.24. The van der Waals surface area contributed by atoms with Gasteiger partial charge in [0.15, 0.2) is 0 Å². The van der Waals surface area contributed by atoms with Crippen LogP contribution < -0.4 is 10.9 Å². The molecule has 0 aromatic heterocycles. The second-order valence-corrected chi connectivity index (χ2v) is 9.13. The number of ether oxygens (including phenoxy) is 2. The van der Waals surface area contributed by atoms with E-state index in [-0.39, 0.29) is 26.7 Å². The molecular formula is C25H17BrCl2N2O8. The van der Waals surface area contributed by atoms with Crippen molar-refractivity contribution < 1.29 is 38.6 Å². The summed E-state index contributed by atoms with van der Waals surface area (Å²) in [5.41, 5.74) is 3.84. The lowest BCUT2D eigenvalue weighted by atomic mass is 10.1. The summed E-state index contributed by atoms with van der Waals surface area (Å²) in [4.78, 5) is 62.9. The first-order valence-electron chi connectivity index (χ1n) is 10.6. The molecule has 0 saturated carbocycles. The van der Waals surface area contributed by atoms with Crippen LogP contribution in [0.25, 0.3) is 0 Å². The van der Waals surface area contributed by atoms with Crippen molar-refractivity contribution in [3.63, 3.8) is 0 Å². The second kappa shape index (κ2) is 13.0. The summed E-state index contributed by atoms with van der Waals surface area (Å²) < 4.78 is 10.9. The molecule has 0 aliphatic heterocycles. The number of halogens is 3. The Hall–Kier alpha value is -3.93. The number of amides is 2. The first kappa shape index (κ1) is 28.6. The zero-order valence-corrected chi connectivity index (χ0v) is 22.1. The number of carbonyl (C=O) groups excluding carboxylic acids is 4. The molecule has 38 heavy (non-hydrogen) atoms. The molecule has 0 aliphatic carbocycles. The maximum Gasteiger partial charge on any atom is 0.349 e. The van der Waals surface area contributed by atoms with E-state index < -0.39 is 41.9 Å². The van der Waals surface area contributed by atoms with Crippen molar-refractivity contribution in [3.05, 3.63) is 104 Å². The number of nitrogens with one attached hydrogen (secondary N) is 2. The van der Waals surface area contributed by atoms with Gasteiger partial charge in [0.05, 0.1) is 21.2 Å². The van der Waals surface area contributed by atoms with Crippen LogP contribution >= 0.6 is 39.1 Å². The Morgan fingerprint density at radius 1 is 0.711 bits per heavy atom. The fourth-order valence-corrected chi connectivity index (χ4v) is 3.66. The molecule has 0 heterocycles. The van der Waals surface area contributed by atoms with E-state index >= 15 is 0 Å². The average molecular weight is 624 g/mol. The number of carboxylic acid groups (broad SMARTS) is 1. The van der Waals surface area contributed by atoms with Gasteiger partial charge in [-0.25, -0.2) is 14.4 Å². The van der Waals surface area contributed by atoms with Crippen LogP contribution in [0.4, 0.5) is 0 Å². The van der Waals surface area contributed by atoms with Crippen molar-refractivity contribution >= 4 is 68.9 Å². The third kappa shape index (κ3) is 7.31. The summed E-state index contributed by atoms with van der Waals surface area (Å²) in [6.45, 7) is 0. The fourth-order valence-electron chi connectivity index (χ4n) is 2.97.